The number of carbonyl (C=O) groups is 1. The van der Waals surface area contributed by atoms with Crippen molar-refractivity contribution in [2.24, 2.45) is 0 Å². The summed E-state index contributed by atoms with van der Waals surface area (Å²) in [7, 11) is 3.09. The topological polar surface area (TPSA) is 47.6 Å². The van der Waals surface area contributed by atoms with E-state index in [0.717, 1.165) is 24.3 Å². The summed E-state index contributed by atoms with van der Waals surface area (Å²) in [5.41, 5.74) is 2.33. The number of hydrogen-bond donors (Lipinski definition) is 1. The van der Waals surface area contributed by atoms with Crippen molar-refractivity contribution >= 4 is 11.7 Å². The molecular formula is C13H17NO3. The van der Waals surface area contributed by atoms with E-state index >= 15 is 0 Å². The Kier molecular flexibility index (Phi) is 3.52. The van der Waals surface area contributed by atoms with Crippen LogP contribution in [-0.2, 0) is 16.0 Å². The van der Waals surface area contributed by atoms with Crippen LogP contribution in [0.25, 0.3) is 0 Å². The van der Waals surface area contributed by atoms with Gasteiger partial charge in [0.1, 0.15) is 5.75 Å². The van der Waals surface area contributed by atoms with Crippen molar-refractivity contribution in [2.75, 3.05) is 19.5 Å². The van der Waals surface area contributed by atoms with Crippen LogP contribution in [0.1, 0.15) is 18.4 Å². The number of fused-ring (bicyclic) bond motifs is 1. The number of rotatable bonds is 3. The number of aryl methyl sites for hydroxylation is 1. The molecule has 1 aromatic rings. The van der Waals surface area contributed by atoms with E-state index in [9.17, 15) is 4.79 Å². The van der Waals surface area contributed by atoms with E-state index in [0.29, 0.717) is 6.42 Å². The van der Waals surface area contributed by atoms with Crippen LogP contribution >= 0.6 is 0 Å². The second-order valence-corrected chi connectivity index (χ2v) is 4.18. The summed E-state index contributed by atoms with van der Waals surface area (Å²) >= 11 is 0. The summed E-state index contributed by atoms with van der Waals surface area (Å²) in [6.07, 6.45) is 2.32. The molecule has 0 fully saturated rings. The van der Waals surface area contributed by atoms with Gasteiger partial charge in [0.2, 0.25) is 0 Å². The fourth-order valence-electron chi connectivity index (χ4n) is 2.10. The zero-order valence-electron chi connectivity index (χ0n) is 10.2. The molecule has 1 heterocycles. The quantitative estimate of drug-likeness (QED) is 0.814. The second kappa shape index (κ2) is 5.08. The van der Waals surface area contributed by atoms with E-state index in [1.54, 1.807) is 7.11 Å². The third-order valence-corrected chi connectivity index (χ3v) is 3.07. The molecule has 1 aliphatic rings. The molecule has 0 aromatic heterocycles. The van der Waals surface area contributed by atoms with E-state index in [1.807, 2.05) is 18.2 Å². The third kappa shape index (κ3) is 2.70. The summed E-state index contributed by atoms with van der Waals surface area (Å²) < 4.78 is 9.87. The Hall–Kier alpha value is -1.71. The van der Waals surface area contributed by atoms with Gasteiger partial charge in [0.05, 0.1) is 20.6 Å². The van der Waals surface area contributed by atoms with Crippen LogP contribution in [0.5, 0.6) is 5.75 Å². The molecule has 4 heteroatoms. The highest BCUT2D eigenvalue weighted by molar-refractivity contribution is 5.71. The van der Waals surface area contributed by atoms with Gasteiger partial charge in [-0.3, -0.25) is 4.79 Å². The molecule has 1 unspecified atom stereocenters. The maximum absolute atomic E-state index is 11.2. The number of hydrogen-bond acceptors (Lipinski definition) is 4. The average molecular weight is 235 g/mol. The first-order valence-electron chi connectivity index (χ1n) is 5.73. The molecule has 17 heavy (non-hydrogen) atoms. The molecule has 0 saturated carbocycles. The van der Waals surface area contributed by atoms with Gasteiger partial charge in [-0.05, 0) is 36.6 Å². The predicted octanol–water partition coefficient (Wildman–Crippen LogP) is 1.98. The van der Waals surface area contributed by atoms with Crippen LogP contribution in [0, 0.1) is 0 Å². The van der Waals surface area contributed by atoms with Gasteiger partial charge in [0.25, 0.3) is 0 Å². The van der Waals surface area contributed by atoms with Gasteiger partial charge >= 0.3 is 5.97 Å². The maximum atomic E-state index is 11.2. The monoisotopic (exact) mass is 235 g/mol. The molecule has 0 radical (unpaired) electrons. The maximum Gasteiger partial charge on any atom is 0.307 e. The number of ether oxygens (including phenoxy) is 2. The summed E-state index contributed by atoms with van der Waals surface area (Å²) in [6.45, 7) is 0. The Morgan fingerprint density at radius 1 is 1.47 bits per heavy atom. The number of esters is 1. The minimum absolute atomic E-state index is 0.167. The molecule has 92 valence electrons. The lowest BCUT2D eigenvalue weighted by Crippen LogP contribution is -2.28. The first kappa shape index (κ1) is 11.8. The van der Waals surface area contributed by atoms with E-state index in [2.05, 4.69) is 10.1 Å². The first-order chi connectivity index (χ1) is 8.22. The predicted molar refractivity (Wildman–Crippen MR) is 65.4 cm³/mol. The Morgan fingerprint density at radius 3 is 3.00 bits per heavy atom. The summed E-state index contributed by atoms with van der Waals surface area (Å²) in [5.74, 6) is 0.705. The van der Waals surface area contributed by atoms with Crippen LogP contribution in [0.2, 0.25) is 0 Å². The largest absolute Gasteiger partial charge is 0.497 e. The highest BCUT2D eigenvalue weighted by Gasteiger charge is 2.20. The van der Waals surface area contributed by atoms with Crippen LogP contribution in [0.3, 0.4) is 0 Å². The normalized spacial score (nSPS) is 17.9. The molecule has 4 nitrogen and oxygen atoms in total. The van der Waals surface area contributed by atoms with Gasteiger partial charge in [0.15, 0.2) is 0 Å². The van der Waals surface area contributed by atoms with Gasteiger partial charge in [-0.15, -0.1) is 0 Å². The molecule has 1 atom stereocenters. The van der Waals surface area contributed by atoms with E-state index in [-0.39, 0.29) is 12.0 Å². The molecule has 2 rings (SSSR count). The molecule has 0 saturated heterocycles. The number of nitrogens with one attached hydrogen (secondary N) is 1. The van der Waals surface area contributed by atoms with Crippen molar-refractivity contribution in [3.05, 3.63) is 23.8 Å². The highest BCUT2D eigenvalue weighted by atomic mass is 16.5. The third-order valence-electron chi connectivity index (χ3n) is 3.07. The van der Waals surface area contributed by atoms with Crippen LogP contribution in [0.15, 0.2) is 18.2 Å². The van der Waals surface area contributed by atoms with E-state index in [4.69, 9.17) is 4.74 Å². The SMILES string of the molecule is COC(=O)CC1CCc2cc(OC)ccc2N1. The lowest BCUT2D eigenvalue weighted by Gasteiger charge is -2.26. The highest BCUT2D eigenvalue weighted by Crippen LogP contribution is 2.29. The Labute approximate surface area is 101 Å². The number of benzene rings is 1. The number of anilines is 1. The minimum atomic E-state index is -0.167. The van der Waals surface area contributed by atoms with Crippen molar-refractivity contribution in [2.45, 2.75) is 25.3 Å². The van der Waals surface area contributed by atoms with Crippen LogP contribution in [0.4, 0.5) is 5.69 Å². The molecular weight excluding hydrogens is 218 g/mol. The molecule has 1 aromatic carbocycles. The van der Waals surface area contributed by atoms with Gasteiger partial charge in [0, 0.05) is 11.7 Å². The molecule has 1 aliphatic heterocycles. The number of methoxy groups -OCH3 is 2. The zero-order valence-corrected chi connectivity index (χ0v) is 10.2. The fraction of sp³-hybridized carbons (Fsp3) is 0.462. The summed E-state index contributed by atoms with van der Waals surface area (Å²) in [6, 6.07) is 6.13. The van der Waals surface area contributed by atoms with Crippen molar-refractivity contribution in [3.8, 4) is 5.75 Å². The van der Waals surface area contributed by atoms with E-state index < -0.39 is 0 Å². The summed E-state index contributed by atoms with van der Waals surface area (Å²) in [4.78, 5) is 11.2. The average Bonchev–Trinajstić information content (AvgIpc) is 2.38. The van der Waals surface area contributed by atoms with Crippen LogP contribution < -0.4 is 10.1 Å². The molecule has 0 amide bonds. The summed E-state index contributed by atoms with van der Waals surface area (Å²) in [5, 5.41) is 3.36. The first-order valence-corrected chi connectivity index (χ1v) is 5.73. The zero-order chi connectivity index (χ0) is 12.3. The van der Waals surface area contributed by atoms with Gasteiger partial charge < -0.3 is 14.8 Å². The Morgan fingerprint density at radius 2 is 2.29 bits per heavy atom. The molecule has 1 N–H and O–H groups in total. The van der Waals surface area contributed by atoms with Gasteiger partial charge in [-0.1, -0.05) is 0 Å². The van der Waals surface area contributed by atoms with Gasteiger partial charge in [-0.2, -0.15) is 0 Å². The molecule has 0 aliphatic carbocycles. The van der Waals surface area contributed by atoms with Crippen molar-refractivity contribution in [1.29, 1.82) is 0 Å². The smallest absolute Gasteiger partial charge is 0.307 e. The standard InChI is InChI=1S/C13H17NO3/c1-16-11-5-6-12-9(7-11)3-4-10(14-12)8-13(15)17-2/h5-7,10,14H,3-4,8H2,1-2H3. The minimum Gasteiger partial charge on any atom is -0.497 e. The van der Waals surface area contributed by atoms with E-state index in [1.165, 1.54) is 12.7 Å². The Bertz CT molecular complexity index is 417. The fourth-order valence-corrected chi connectivity index (χ4v) is 2.10. The van der Waals surface area contributed by atoms with Crippen molar-refractivity contribution < 1.29 is 14.3 Å². The lowest BCUT2D eigenvalue weighted by atomic mass is 9.96. The Balaban J connectivity index is 2.06. The molecule has 0 bridgehead atoms. The molecule has 0 spiro atoms. The number of carbonyl (C=O) groups excluding carboxylic acids is 1. The second-order valence-electron chi connectivity index (χ2n) is 4.18. The van der Waals surface area contributed by atoms with Crippen molar-refractivity contribution in [1.82, 2.24) is 0 Å². The van der Waals surface area contributed by atoms with Gasteiger partial charge in [-0.25, -0.2) is 0 Å². The van der Waals surface area contributed by atoms with Crippen LogP contribution in [-0.4, -0.2) is 26.2 Å². The lowest BCUT2D eigenvalue weighted by molar-refractivity contribution is -0.140. The van der Waals surface area contributed by atoms with Crippen molar-refractivity contribution in [3.63, 3.8) is 0 Å².